The second-order valence-corrected chi connectivity index (χ2v) is 2.57. The third kappa shape index (κ3) is 1.70. The predicted molar refractivity (Wildman–Crippen MR) is 44.9 cm³/mol. The van der Waals surface area contributed by atoms with Crippen LogP contribution in [0.15, 0.2) is 6.07 Å². The van der Waals surface area contributed by atoms with Gasteiger partial charge < -0.3 is 20.2 Å². The number of hydrogen-bond acceptors (Lipinski definition) is 5. The topological polar surface area (TPSA) is 82.0 Å². The Bertz CT molecular complexity index is 343. The molecule has 6 heteroatoms. The molecule has 0 aliphatic rings. The summed E-state index contributed by atoms with van der Waals surface area (Å²) in [6.07, 6.45) is 0. The summed E-state index contributed by atoms with van der Waals surface area (Å²) >= 11 is 0. The average molecular weight is 203 g/mol. The third-order valence-electron chi connectivity index (χ3n) is 1.75. The monoisotopic (exact) mass is 203 g/mol. The van der Waals surface area contributed by atoms with E-state index in [1.165, 1.54) is 7.11 Å². The van der Waals surface area contributed by atoms with Gasteiger partial charge in [0.15, 0.2) is 23.1 Å². The lowest BCUT2D eigenvalue weighted by atomic mass is 10.1. The van der Waals surface area contributed by atoms with Crippen molar-refractivity contribution in [3.63, 3.8) is 0 Å². The van der Waals surface area contributed by atoms with E-state index >= 15 is 0 Å². The van der Waals surface area contributed by atoms with Crippen molar-refractivity contribution >= 4 is 0 Å². The van der Waals surface area contributed by atoms with Crippen LogP contribution in [0.3, 0.4) is 0 Å². The lowest BCUT2D eigenvalue weighted by Gasteiger charge is -2.10. The lowest BCUT2D eigenvalue weighted by molar-refractivity contribution is 0.158. The number of ether oxygens (including phenoxy) is 1. The number of methoxy groups -OCH3 is 1. The molecule has 0 aliphatic heterocycles. The van der Waals surface area contributed by atoms with Crippen LogP contribution in [0.25, 0.3) is 0 Å². The minimum absolute atomic E-state index is 0.203. The van der Waals surface area contributed by atoms with Gasteiger partial charge in [-0.15, -0.1) is 0 Å². The molecule has 0 atom stereocenters. The van der Waals surface area contributed by atoms with Crippen LogP contribution < -0.4 is 10.2 Å². The maximum Gasteiger partial charge on any atom is 0.173 e. The van der Waals surface area contributed by atoms with Crippen LogP contribution in [0.4, 0.5) is 4.39 Å². The van der Waals surface area contributed by atoms with Crippen LogP contribution in [-0.2, 0) is 6.54 Å². The second kappa shape index (κ2) is 4.12. The van der Waals surface area contributed by atoms with E-state index in [0.29, 0.717) is 0 Å². The third-order valence-corrected chi connectivity index (χ3v) is 1.75. The summed E-state index contributed by atoms with van der Waals surface area (Å²) < 4.78 is 18.0. The van der Waals surface area contributed by atoms with Crippen LogP contribution in [0.2, 0.25) is 0 Å². The van der Waals surface area contributed by atoms with Crippen LogP contribution >= 0.6 is 0 Å². The SMILES string of the molecule is COc1cc(O)c(O)c(CNO)c1F. The van der Waals surface area contributed by atoms with Crippen molar-refractivity contribution < 1.29 is 24.5 Å². The molecule has 0 aliphatic carbocycles. The van der Waals surface area contributed by atoms with E-state index in [2.05, 4.69) is 4.74 Å². The van der Waals surface area contributed by atoms with Gasteiger partial charge >= 0.3 is 0 Å². The number of phenolic OH excluding ortho intramolecular Hbond substituents is 2. The van der Waals surface area contributed by atoms with Gasteiger partial charge in [-0.1, -0.05) is 0 Å². The molecule has 0 heterocycles. The number of benzene rings is 1. The molecule has 0 unspecified atom stereocenters. The average Bonchev–Trinajstić information content (AvgIpc) is 2.18. The highest BCUT2D eigenvalue weighted by atomic mass is 19.1. The molecule has 4 N–H and O–H groups in total. The Labute approximate surface area is 79.3 Å². The summed E-state index contributed by atoms with van der Waals surface area (Å²) in [5.41, 5.74) is 1.42. The van der Waals surface area contributed by atoms with Gasteiger partial charge in [0.1, 0.15) is 0 Å². The molecule has 0 radical (unpaired) electrons. The molecule has 1 aromatic rings. The maximum atomic E-state index is 13.4. The normalized spacial score (nSPS) is 10.2. The summed E-state index contributed by atoms with van der Waals surface area (Å²) in [7, 11) is 1.23. The highest BCUT2D eigenvalue weighted by molar-refractivity contribution is 5.51. The molecular formula is C8H10FNO4. The summed E-state index contributed by atoms with van der Waals surface area (Å²) in [5, 5.41) is 26.8. The molecule has 0 bridgehead atoms. The Kier molecular flexibility index (Phi) is 3.10. The molecule has 0 amide bonds. The first-order valence-corrected chi connectivity index (χ1v) is 3.76. The van der Waals surface area contributed by atoms with E-state index in [1.54, 1.807) is 5.48 Å². The van der Waals surface area contributed by atoms with Crippen LogP contribution in [0, 0.1) is 5.82 Å². The number of hydroxylamine groups is 1. The number of aromatic hydroxyl groups is 2. The van der Waals surface area contributed by atoms with Crippen molar-refractivity contribution in [2.45, 2.75) is 6.54 Å². The quantitative estimate of drug-likeness (QED) is 0.430. The van der Waals surface area contributed by atoms with Gasteiger partial charge in [0, 0.05) is 6.07 Å². The Morgan fingerprint density at radius 2 is 2.14 bits per heavy atom. The first-order chi connectivity index (χ1) is 6.61. The molecular weight excluding hydrogens is 193 g/mol. The molecule has 0 fully saturated rings. The van der Waals surface area contributed by atoms with Crippen molar-refractivity contribution in [3.05, 3.63) is 17.4 Å². The fourth-order valence-electron chi connectivity index (χ4n) is 1.05. The molecule has 0 saturated carbocycles. The van der Waals surface area contributed by atoms with Gasteiger partial charge in [-0.25, -0.2) is 9.87 Å². The number of halogens is 1. The molecule has 0 aromatic heterocycles. The number of phenols is 2. The highest BCUT2D eigenvalue weighted by Gasteiger charge is 2.17. The van der Waals surface area contributed by atoms with Crippen LogP contribution in [0.5, 0.6) is 17.2 Å². The largest absolute Gasteiger partial charge is 0.504 e. The zero-order valence-corrected chi connectivity index (χ0v) is 7.41. The molecule has 1 aromatic carbocycles. The second-order valence-electron chi connectivity index (χ2n) is 2.57. The summed E-state index contributed by atoms with van der Waals surface area (Å²) in [6, 6.07) is 0.950. The lowest BCUT2D eigenvalue weighted by Crippen LogP contribution is -2.09. The van der Waals surface area contributed by atoms with E-state index in [1.807, 2.05) is 0 Å². The van der Waals surface area contributed by atoms with Gasteiger partial charge in [0.25, 0.3) is 0 Å². The summed E-state index contributed by atoms with van der Waals surface area (Å²) in [4.78, 5) is 0. The van der Waals surface area contributed by atoms with Crippen molar-refractivity contribution in [1.82, 2.24) is 5.48 Å². The minimum Gasteiger partial charge on any atom is -0.504 e. The molecule has 0 spiro atoms. The zero-order valence-electron chi connectivity index (χ0n) is 7.41. The summed E-state index contributed by atoms with van der Waals surface area (Å²) in [6.45, 7) is -0.331. The van der Waals surface area contributed by atoms with Crippen molar-refractivity contribution in [3.8, 4) is 17.2 Å². The van der Waals surface area contributed by atoms with Gasteiger partial charge in [0.2, 0.25) is 0 Å². The zero-order chi connectivity index (χ0) is 10.7. The van der Waals surface area contributed by atoms with Crippen molar-refractivity contribution in [1.29, 1.82) is 0 Å². The van der Waals surface area contributed by atoms with Gasteiger partial charge in [-0.05, 0) is 0 Å². The van der Waals surface area contributed by atoms with E-state index in [9.17, 15) is 9.50 Å². The first-order valence-electron chi connectivity index (χ1n) is 3.76. The molecule has 1 rings (SSSR count). The Balaban J connectivity index is 3.29. The number of nitrogens with one attached hydrogen (secondary N) is 1. The molecule has 5 nitrogen and oxygen atoms in total. The van der Waals surface area contributed by atoms with E-state index in [4.69, 9.17) is 10.3 Å². The fraction of sp³-hybridized carbons (Fsp3) is 0.250. The van der Waals surface area contributed by atoms with Gasteiger partial charge in [-0.3, -0.25) is 0 Å². The standard InChI is InChI=1S/C8H10FNO4/c1-14-6-2-5(11)8(12)4(3-10-13)7(6)9/h2,10-13H,3H2,1H3. The van der Waals surface area contributed by atoms with Crippen molar-refractivity contribution in [2.24, 2.45) is 0 Å². The number of hydrogen-bond donors (Lipinski definition) is 4. The van der Waals surface area contributed by atoms with Gasteiger partial charge in [-0.2, -0.15) is 0 Å². The van der Waals surface area contributed by atoms with Gasteiger partial charge in [0.05, 0.1) is 19.2 Å². The molecule has 78 valence electrons. The highest BCUT2D eigenvalue weighted by Crippen LogP contribution is 2.36. The molecule has 14 heavy (non-hydrogen) atoms. The Hall–Kier alpha value is -1.53. The van der Waals surface area contributed by atoms with Crippen molar-refractivity contribution in [2.75, 3.05) is 7.11 Å². The van der Waals surface area contributed by atoms with E-state index in [0.717, 1.165) is 6.07 Å². The first kappa shape index (κ1) is 10.6. The van der Waals surface area contributed by atoms with Crippen LogP contribution in [0.1, 0.15) is 5.56 Å². The Morgan fingerprint density at radius 1 is 1.50 bits per heavy atom. The predicted octanol–water partition coefficient (Wildman–Crippen LogP) is 0.724. The smallest absolute Gasteiger partial charge is 0.173 e. The molecule has 0 saturated heterocycles. The number of rotatable bonds is 3. The fourth-order valence-corrected chi connectivity index (χ4v) is 1.05. The maximum absolute atomic E-state index is 13.4. The minimum atomic E-state index is -0.829. The van der Waals surface area contributed by atoms with E-state index in [-0.39, 0.29) is 17.9 Å². The summed E-state index contributed by atoms with van der Waals surface area (Å²) in [5.74, 6) is -2.16. The van der Waals surface area contributed by atoms with E-state index < -0.39 is 17.3 Å². The Morgan fingerprint density at radius 3 is 2.64 bits per heavy atom. The van der Waals surface area contributed by atoms with Crippen LogP contribution in [-0.4, -0.2) is 22.5 Å².